The van der Waals surface area contributed by atoms with Gasteiger partial charge in [-0.2, -0.15) is 0 Å². The van der Waals surface area contributed by atoms with Gasteiger partial charge in [0.05, 0.1) is 30.8 Å². The number of hydrogen-bond acceptors (Lipinski definition) is 2. The van der Waals surface area contributed by atoms with E-state index >= 15 is 0 Å². The Morgan fingerprint density at radius 3 is 2.57 bits per heavy atom. The second-order valence-electron chi connectivity index (χ2n) is 3.17. The first kappa shape index (κ1) is 8.94. The summed E-state index contributed by atoms with van der Waals surface area (Å²) in [4.78, 5) is 3.25. The number of fused-ring (bicyclic) bond motifs is 1. The van der Waals surface area contributed by atoms with Crippen molar-refractivity contribution < 1.29 is 9.47 Å². The highest BCUT2D eigenvalue weighted by atomic mass is 16.5. The Kier molecular flexibility index (Phi) is 2.08. The van der Waals surface area contributed by atoms with Crippen LogP contribution in [-0.4, -0.2) is 19.2 Å². The molecule has 0 spiro atoms. The van der Waals surface area contributed by atoms with Crippen LogP contribution in [0, 0.1) is 6.92 Å². The average Bonchev–Trinajstić information content (AvgIpc) is 2.52. The first-order valence-electron chi connectivity index (χ1n) is 4.47. The van der Waals surface area contributed by atoms with Crippen LogP contribution in [-0.2, 0) is 0 Å². The Bertz CT molecular complexity index is 460. The van der Waals surface area contributed by atoms with Crippen molar-refractivity contribution in [1.29, 1.82) is 0 Å². The molecular weight excluding hydrogens is 178 g/mol. The van der Waals surface area contributed by atoms with Gasteiger partial charge in [0.15, 0.2) is 5.75 Å². The molecule has 3 nitrogen and oxygen atoms in total. The molecular formula is C11H13NO2. The van der Waals surface area contributed by atoms with Crippen molar-refractivity contribution >= 4 is 10.9 Å². The Hall–Kier alpha value is -1.64. The minimum atomic E-state index is 0.837. The summed E-state index contributed by atoms with van der Waals surface area (Å²) in [6, 6.07) is 5.89. The van der Waals surface area contributed by atoms with E-state index in [1.807, 2.05) is 25.1 Å². The van der Waals surface area contributed by atoms with Crippen LogP contribution in [0.25, 0.3) is 10.9 Å². The molecule has 0 radical (unpaired) electrons. The smallest absolute Gasteiger partial charge is 0.150 e. The van der Waals surface area contributed by atoms with E-state index in [9.17, 15) is 0 Å². The molecule has 0 atom stereocenters. The van der Waals surface area contributed by atoms with E-state index in [1.165, 1.54) is 0 Å². The fourth-order valence-corrected chi connectivity index (χ4v) is 1.74. The van der Waals surface area contributed by atoms with Gasteiger partial charge in [-0.15, -0.1) is 0 Å². The summed E-state index contributed by atoms with van der Waals surface area (Å²) in [5.74, 6) is 1.70. The lowest BCUT2D eigenvalue weighted by molar-refractivity contribution is 0.404. The monoisotopic (exact) mass is 191 g/mol. The van der Waals surface area contributed by atoms with Gasteiger partial charge in [-0.25, -0.2) is 0 Å². The summed E-state index contributed by atoms with van der Waals surface area (Å²) in [6.45, 7) is 1.98. The quantitative estimate of drug-likeness (QED) is 0.791. The lowest BCUT2D eigenvalue weighted by Crippen LogP contribution is -1.86. The number of nitrogens with one attached hydrogen (secondary N) is 1. The van der Waals surface area contributed by atoms with Crippen LogP contribution in [0.15, 0.2) is 18.2 Å². The van der Waals surface area contributed by atoms with E-state index in [0.29, 0.717) is 0 Å². The minimum absolute atomic E-state index is 0.837. The molecule has 1 aromatic heterocycles. The zero-order valence-electron chi connectivity index (χ0n) is 8.55. The SMILES string of the molecule is COc1cccc2[nH]c(C)c(OC)c12. The first-order valence-corrected chi connectivity index (χ1v) is 4.47. The maximum Gasteiger partial charge on any atom is 0.150 e. The Balaban J connectivity index is 2.82. The number of benzene rings is 1. The van der Waals surface area contributed by atoms with Crippen molar-refractivity contribution in [2.45, 2.75) is 6.92 Å². The van der Waals surface area contributed by atoms with E-state index < -0.39 is 0 Å². The van der Waals surface area contributed by atoms with Gasteiger partial charge in [-0.05, 0) is 19.1 Å². The van der Waals surface area contributed by atoms with E-state index in [4.69, 9.17) is 9.47 Å². The van der Waals surface area contributed by atoms with Gasteiger partial charge in [-0.3, -0.25) is 0 Å². The second kappa shape index (κ2) is 3.25. The molecule has 1 aromatic carbocycles. The number of ether oxygens (including phenoxy) is 2. The third kappa shape index (κ3) is 1.13. The normalized spacial score (nSPS) is 10.5. The summed E-state index contributed by atoms with van der Waals surface area (Å²) >= 11 is 0. The molecule has 2 aromatic rings. The van der Waals surface area contributed by atoms with Crippen molar-refractivity contribution in [1.82, 2.24) is 4.98 Å². The van der Waals surface area contributed by atoms with Crippen LogP contribution in [0.3, 0.4) is 0 Å². The average molecular weight is 191 g/mol. The molecule has 0 unspecified atom stereocenters. The molecule has 0 aliphatic heterocycles. The number of methoxy groups -OCH3 is 2. The van der Waals surface area contributed by atoms with Crippen LogP contribution < -0.4 is 9.47 Å². The van der Waals surface area contributed by atoms with E-state index in [2.05, 4.69) is 4.98 Å². The van der Waals surface area contributed by atoms with Crippen LogP contribution in [0.2, 0.25) is 0 Å². The largest absolute Gasteiger partial charge is 0.496 e. The predicted molar refractivity (Wildman–Crippen MR) is 56.1 cm³/mol. The third-order valence-electron chi connectivity index (χ3n) is 2.34. The van der Waals surface area contributed by atoms with Gasteiger partial charge < -0.3 is 14.5 Å². The van der Waals surface area contributed by atoms with Crippen LogP contribution >= 0.6 is 0 Å². The number of aryl methyl sites for hydroxylation is 1. The van der Waals surface area contributed by atoms with Gasteiger partial charge in [0.2, 0.25) is 0 Å². The summed E-state index contributed by atoms with van der Waals surface area (Å²) in [5, 5.41) is 1.01. The number of hydrogen-bond donors (Lipinski definition) is 1. The van der Waals surface area contributed by atoms with Crippen molar-refractivity contribution in [3.8, 4) is 11.5 Å². The third-order valence-corrected chi connectivity index (χ3v) is 2.34. The van der Waals surface area contributed by atoms with Crippen LogP contribution in [0.4, 0.5) is 0 Å². The van der Waals surface area contributed by atoms with Gasteiger partial charge in [0.1, 0.15) is 5.75 Å². The van der Waals surface area contributed by atoms with E-state index in [1.54, 1.807) is 14.2 Å². The van der Waals surface area contributed by atoms with Crippen molar-refractivity contribution in [2.75, 3.05) is 14.2 Å². The molecule has 3 heteroatoms. The molecule has 0 aliphatic rings. The highest BCUT2D eigenvalue weighted by Crippen LogP contribution is 2.36. The minimum Gasteiger partial charge on any atom is -0.496 e. The zero-order chi connectivity index (χ0) is 10.1. The molecule has 1 N–H and O–H groups in total. The summed E-state index contributed by atoms with van der Waals surface area (Å²) in [5.41, 5.74) is 2.06. The first-order chi connectivity index (χ1) is 6.77. The second-order valence-corrected chi connectivity index (χ2v) is 3.17. The summed E-state index contributed by atoms with van der Waals surface area (Å²) in [7, 11) is 3.33. The van der Waals surface area contributed by atoms with Crippen molar-refractivity contribution in [3.63, 3.8) is 0 Å². The van der Waals surface area contributed by atoms with Crippen LogP contribution in [0.1, 0.15) is 5.69 Å². The fourth-order valence-electron chi connectivity index (χ4n) is 1.74. The molecule has 2 rings (SSSR count). The number of aromatic nitrogens is 1. The standard InChI is InChI=1S/C11H13NO2/c1-7-11(14-3)10-8(12-7)5-4-6-9(10)13-2/h4-6,12H,1-3H3. The molecule has 14 heavy (non-hydrogen) atoms. The predicted octanol–water partition coefficient (Wildman–Crippen LogP) is 2.49. The Labute approximate surface area is 82.6 Å². The highest BCUT2D eigenvalue weighted by molar-refractivity contribution is 5.93. The molecule has 1 heterocycles. The zero-order valence-corrected chi connectivity index (χ0v) is 8.55. The van der Waals surface area contributed by atoms with Gasteiger partial charge >= 0.3 is 0 Å². The summed E-state index contributed by atoms with van der Waals surface area (Å²) < 4.78 is 10.6. The topological polar surface area (TPSA) is 34.2 Å². The van der Waals surface area contributed by atoms with E-state index in [-0.39, 0.29) is 0 Å². The molecule has 0 fully saturated rings. The maximum atomic E-state index is 5.33. The number of H-pyrrole nitrogens is 1. The Morgan fingerprint density at radius 1 is 1.14 bits per heavy atom. The van der Waals surface area contributed by atoms with Crippen LogP contribution in [0.5, 0.6) is 11.5 Å². The highest BCUT2D eigenvalue weighted by Gasteiger charge is 2.12. The Morgan fingerprint density at radius 2 is 1.93 bits per heavy atom. The van der Waals surface area contributed by atoms with Gasteiger partial charge in [0, 0.05) is 0 Å². The molecule has 0 amide bonds. The van der Waals surface area contributed by atoms with Gasteiger partial charge in [0.25, 0.3) is 0 Å². The number of aromatic amines is 1. The summed E-state index contributed by atoms with van der Waals surface area (Å²) in [6.07, 6.45) is 0. The van der Waals surface area contributed by atoms with E-state index in [0.717, 1.165) is 28.1 Å². The van der Waals surface area contributed by atoms with Gasteiger partial charge in [-0.1, -0.05) is 6.07 Å². The lowest BCUT2D eigenvalue weighted by Gasteiger charge is -2.03. The molecule has 0 saturated heterocycles. The molecule has 0 saturated carbocycles. The maximum absolute atomic E-state index is 5.33. The lowest BCUT2D eigenvalue weighted by atomic mass is 10.2. The molecule has 0 bridgehead atoms. The van der Waals surface area contributed by atoms with Crippen molar-refractivity contribution in [2.24, 2.45) is 0 Å². The van der Waals surface area contributed by atoms with Crippen molar-refractivity contribution in [3.05, 3.63) is 23.9 Å². The molecule has 74 valence electrons. The fraction of sp³-hybridized carbons (Fsp3) is 0.273. The molecule has 0 aliphatic carbocycles. The number of rotatable bonds is 2.